The molecule has 186 valence electrons. The van der Waals surface area contributed by atoms with Crippen LogP contribution in [-0.4, -0.2) is 42.8 Å². The zero-order valence-corrected chi connectivity index (χ0v) is 21.0. The quantitative estimate of drug-likeness (QED) is 0.392. The van der Waals surface area contributed by atoms with Crippen molar-refractivity contribution in [2.45, 2.75) is 49.3 Å². The maximum absolute atomic E-state index is 15.3. The van der Waals surface area contributed by atoms with Crippen molar-refractivity contribution in [3.8, 4) is 6.07 Å². The van der Waals surface area contributed by atoms with Gasteiger partial charge in [0.05, 0.1) is 32.8 Å². The Morgan fingerprint density at radius 3 is 2.80 bits per heavy atom. The second-order valence-corrected chi connectivity index (χ2v) is 13.1. The number of nitrogens with zero attached hydrogens (tertiary/aromatic N) is 3. The van der Waals surface area contributed by atoms with Crippen molar-refractivity contribution in [1.82, 2.24) is 15.0 Å². The number of fused-ring (bicyclic) bond motifs is 1. The predicted octanol–water partition coefficient (Wildman–Crippen LogP) is 3.32. The third-order valence-electron chi connectivity index (χ3n) is 6.85. The first-order chi connectivity index (χ1) is 16.4. The average Bonchev–Trinajstić information content (AvgIpc) is 3.22. The van der Waals surface area contributed by atoms with Crippen LogP contribution in [0.2, 0.25) is 5.02 Å². The summed E-state index contributed by atoms with van der Waals surface area (Å²) < 4.78 is 31.5. The molecule has 35 heavy (non-hydrogen) atoms. The van der Waals surface area contributed by atoms with E-state index in [1.807, 2.05) is 6.07 Å². The summed E-state index contributed by atoms with van der Waals surface area (Å²) >= 11 is 6.21. The van der Waals surface area contributed by atoms with Crippen molar-refractivity contribution in [1.29, 1.82) is 5.26 Å². The van der Waals surface area contributed by atoms with Crippen LogP contribution < -0.4 is 15.4 Å². The minimum atomic E-state index is -3.24. The molecule has 2 aromatic rings. The van der Waals surface area contributed by atoms with Crippen molar-refractivity contribution < 1.29 is 18.5 Å². The lowest BCUT2D eigenvalue weighted by molar-refractivity contribution is 0.199. The van der Waals surface area contributed by atoms with Gasteiger partial charge in [0, 0.05) is 24.0 Å². The van der Waals surface area contributed by atoms with E-state index in [1.54, 1.807) is 32.9 Å². The van der Waals surface area contributed by atoms with Gasteiger partial charge < -0.3 is 10.4 Å². The van der Waals surface area contributed by atoms with Gasteiger partial charge >= 0.3 is 6.09 Å². The molecule has 9 nitrogen and oxygen atoms in total. The molecular weight excluding hydrogens is 495 g/mol. The van der Waals surface area contributed by atoms with E-state index in [9.17, 15) is 14.1 Å². The third kappa shape index (κ3) is 4.16. The zero-order valence-electron chi connectivity index (χ0n) is 19.4. The number of rotatable bonds is 4. The topological polar surface area (TPSA) is 140 Å². The van der Waals surface area contributed by atoms with E-state index in [2.05, 4.69) is 20.3 Å². The van der Waals surface area contributed by atoms with Crippen LogP contribution >= 0.6 is 11.6 Å². The molecule has 0 unspecified atom stereocenters. The summed E-state index contributed by atoms with van der Waals surface area (Å²) in [7, 11) is -3.24. The van der Waals surface area contributed by atoms with E-state index in [-0.39, 0.29) is 17.9 Å². The summed E-state index contributed by atoms with van der Waals surface area (Å²) in [6, 6.07) is 7.93. The number of carboxylic acid groups (broad SMARTS) is 1. The summed E-state index contributed by atoms with van der Waals surface area (Å²) in [6.45, 7) is 5.75. The molecule has 1 saturated heterocycles. The van der Waals surface area contributed by atoms with Gasteiger partial charge in [-0.2, -0.15) is 5.26 Å². The van der Waals surface area contributed by atoms with Crippen molar-refractivity contribution in [3.63, 3.8) is 0 Å². The smallest absolute Gasteiger partial charge is 0.410 e. The molecule has 4 N–H and O–H groups in total. The van der Waals surface area contributed by atoms with Crippen LogP contribution in [0, 0.1) is 17.1 Å². The monoisotopic (exact) mass is 520 g/mol. The summed E-state index contributed by atoms with van der Waals surface area (Å²) in [5, 5.41) is 23.6. The molecule has 12 heteroatoms. The highest BCUT2D eigenvalue weighted by atomic mass is 35.5. The molecule has 1 amide bonds. The van der Waals surface area contributed by atoms with Crippen LogP contribution in [0.3, 0.4) is 0 Å². The Morgan fingerprint density at radius 2 is 2.14 bits per heavy atom. The molecule has 1 aromatic heterocycles. The first-order valence-corrected chi connectivity index (χ1v) is 13.1. The number of carbonyl (C=O) groups is 1. The van der Waals surface area contributed by atoms with Gasteiger partial charge in [0.1, 0.15) is 23.3 Å². The first-order valence-electron chi connectivity index (χ1n) is 11.0. The van der Waals surface area contributed by atoms with Gasteiger partial charge in [-0.25, -0.2) is 9.18 Å². The fourth-order valence-corrected chi connectivity index (χ4v) is 8.78. The average molecular weight is 521 g/mol. The number of benzene rings is 1. The van der Waals surface area contributed by atoms with Gasteiger partial charge in [-0.15, -0.1) is 0 Å². The number of nitrogens with one attached hydrogen (secondary N) is 3. The number of amides is 1. The molecule has 0 spiro atoms. The maximum Gasteiger partial charge on any atom is 0.410 e. The molecule has 2 aliphatic rings. The zero-order chi connectivity index (χ0) is 25.6. The molecule has 2 atom stereocenters. The minimum absolute atomic E-state index is 0.0350. The van der Waals surface area contributed by atoms with Crippen molar-refractivity contribution in [2.24, 2.45) is 4.99 Å². The standard InChI is InChI=1S/C23H26ClFN6O3S/c1-22(2)20(30-21(32)33)31-23(3,19-6-7-29-35(19,22)34)15-9-14(4-5-17(15)25)27-12-18-16(24)8-13(10-26)11-28-18/h4-5,8-9,11,19,27,35H,6-7,12H2,1-3H3,(H,29,34)(H,30,31)(H,32,33)/t19-,23+/m0/s1. The van der Waals surface area contributed by atoms with E-state index in [0.717, 1.165) is 0 Å². The molecule has 3 heterocycles. The number of amidine groups is 1. The van der Waals surface area contributed by atoms with Crippen LogP contribution in [0.25, 0.3) is 0 Å². The van der Waals surface area contributed by atoms with Gasteiger partial charge in [0.25, 0.3) is 0 Å². The lowest BCUT2D eigenvalue weighted by Gasteiger charge is -2.51. The third-order valence-corrected chi connectivity index (χ3v) is 11.4. The van der Waals surface area contributed by atoms with Crippen LogP contribution in [0.15, 0.2) is 35.5 Å². The summed E-state index contributed by atoms with van der Waals surface area (Å²) in [5.74, 6) is -0.503. The number of halogens is 2. The van der Waals surface area contributed by atoms with Crippen LogP contribution in [0.1, 0.15) is 44.0 Å². The lowest BCUT2D eigenvalue weighted by Crippen LogP contribution is -2.65. The normalized spacial score (nSPS) is 25.0. The van der Waals surface area contributed by atoms with E-state index in [0.29, 0.717) is 34.9 Å². The first kappa shape index (κ1) is 25.0. The second kappa shape index (κ2) is 8.86. The number of hydrogen-bond acceptors (Lipinski definition) is 6. The molecule has 0 radical (unpaired) electrons. The van der Waals surface area contributed by atoms with Gasteiger partial charge in [0.2, 0.25) is 0 Å². The fourth-order valence-electron chi connectivity index (χ4n) is 4.87. The van der Waals surface area contributed by atoms with Gasteiger partial charge in [0.15, 0.2) is 0 Å². The number of aliphatic imine (C=N–C) groups is 1. The highest BCUT2D eigenvalue weighted by molar-refractivity contribution is 8.04. The summed E-state index contributed by atoms with van der Waals surface area (Å²) in [5.41, 5.74) is 0.332. The molecule has 1 fully saturated rings. The summed E-state index contributed by atoms with van der Waals surface area (Å²) in [6.07, 6.45) is 0.592. The van der Waals surface area contributed by atoms with Crippen molar-refractivity contribution >= 4 is 39.3 Å². The van der Waals surface area contributed by atoms with E-state index in [4.69, 9.17) is 21.9 Å². The number of anilines is 1. The Balaban J connectivity index is 1.74. The summed E-state index contributed by atoms with van der Waals surface area (Å²) in [4.78, 5) is 20.4. The molecule has 0 aliphatic carbocycles. The van der Waals surface area contributed by atoms with Gasteiger partial charge in [-0.05, 0) is 61.6 Å². The van der Waals surface area contributed by atoms with E-state index < -0.39 is 37.6 Å². The molecule has 1 aromatic carbocycles. The Labute approximate surface area is 208 Å². The molecular formula is C23H26ClFN6O3S. The molecule has 0 saturated carbocycles. The highest BCUT2D eigenvalue weighted by Gasteiger charge is 2.59. The van der Waals surface area contributed by atoms with E-state index >= 15 is 4.39 Å². The highest BCUT2D eigenvalue weighted by Crippen LogP contribution is 2.49. The van der Waals surface area contributed by atoms with Crippen molar-refractivity contribution in [3.05, 3.63) is 58.1 Å². The Hall–Kier alpha value is -3.07. The Morgan fingerprint density at radius 1 is 1.40 bits per heavy atom. The van der Waals surface area contributed by atoms with Gasteiger partial charge in [-0.3, -0.25) is 24.2 Å². The Kier molecular flexibility index (Phi) is 6.34. The Bertz CT molecular complexity index is 1330. The number of pyridine rings is 1. The largest absolute Gasteiger partial charge is 0.465 e. The molecule has 2 aliphatic heterocycles. The van der Waals surface area contributed by atoms with Gasteiger partial charge in [-0.1, -0.05) is 11.6 Å². The number of hydrogen-bond donors (Lipinski definition) is 5. The fraction of sp³-hybridized carbons (Fsp3) is 0.391. The van der Waals surface area contributed by atoms with Crippen LogP contribution in [0.5, 0.6) is 0 Å². The number of thiol groups is 1. The van der Waals surface area contributed by atoms with E-state index in [1.165, 1.54) is 18.3 Å². The molecule has 0 bridgehead atoms. The minimum Gasteiger partial charge on any atom is -0.465 e. The SMILES string of the molecule is CC1(C)C(NC(=O)O)=N[C@](C)(c2cc(NCc3ncc(C#N)cc3Cl)ccc2F)[C@@H]2CCN[SH]21=O. The van der Waals surface area contributed by atoms with Crippen molar-refractivity contribution in [2.75, 3.05) is 11.9 Å². The predicted molar refractivity (Wildman–Crippen MR) is 134 cm³/mol. The second-order valence-electron chi connectivity index (χ2n) is 9.28. The van der Waals surface area contributed by atoms with Crippen LogP contribution in [-0.2, 0) is 22.2 Å². The number of nitriles is 1. The maximum atomic E-state index is 15.3. The van der Waals surface area contributed by atoms with Crippen LogP contribution in [0.4, 0.5) is 14.9 Å². The molecule has 4 rings (SSSR count). The lowest BCUT2D eigenvalue weighted by atomic mass is 9.85. The number of aromatic nitrogens is 1.